The van der Waals surface area contributed by atoms with Gasteiger partial charge in [-0.2, -0.15) is 0 Å². The fourth-order valence-electron chi connectivity index (χ4n) is 2.18. The summed E-state index contributed by atoms with van der Waals surface area (Å²) in [7, 11) is 1.83. The lowest BCUT2D eigenvalue weighted by Gasteiger charge is -2.17. The minimum absolute atomic E-state index is 0.0635. The van der Waals surface area contributed by atoms with Gasteiger partial charge in [-0.25, -0.2) is 8.78 Å². The number of rotatable bonds is 5. The highest BCUT2D eigenvalue weighted by Crippen LogP contribution is 2.23. The van der Waals surface area contributed by atoms with Crippen LogP contribution in [-0.4, -0.2) is 13.1 Å². The molecule has 0 aliphatic rings. The first-order valence-corrected chi connectivity index (χ1v) is 7.30. The van der Waals surface area contributed by atoms with Crippen LogP contribution in [0.25, 0.3) is 0 Å². The van der Waals surface area contributed by atoms with E-state index in [0.717, 1.165) is 17.2 Å². The highest BCUT2D eigenvalue weighted by Gasteiger charge is 2.12. The first-order valence-electron chi connectivity index (χ1n) is 6.54. The van der Waals surface area contributed by atoms with E-state index in [1.807, 2.05) is 13.1 Å². The number of hydrogen-bond acceptors (Lipinski definition) is 1. The molecule has 2 aromatic carbocycles. The Morgan fingerprint density at radius 1 is 1.00 bits per heavy atom. The third-order valence-electron chi connectivity index (χ3n) is 3.36. The molecule has 112 valence electrons. The van der Waals surface area contributed by atoms with Crippen LogP contribution in [0.4, 0.5) is 8.78 Å². The molecule has 2 aromatic rings. The number of benzene rings is 2. The number of likely N-dealkylation sites (N-methyl/N-ethyl adjacent to an activating group) is 1. The Kier molecular flexibility index (Phi) is 5.57. The van der Waals surface area contributed by atoms with E-state index >= 15 is 0 Å². The second-order valence-electron chi connectivity index (χ2n) is 4.88. The Morgan fingerprint density at radius 2 is 1.76 bits per heavy atom. The molecule has 0 aromatic heterocycles. The van der Waals surface area contributed by atoms with Crippen molar-refractivity contribution in [3.63, 3.8) is 0 Å². The third kappa shape index (κ3) is 4.40. The zero-order valence-corrected chi connectivity index (χ0v) is 13.0. The number of halogens is 4. The van der Waals surface area contributed by atoms with Gasteiger partial charge in [-0.15, -0.1) is 0 Å². The second-order valence-corrected chi connectivity index (χ2v) is 5.72. The quantitative estimate of drug-likeness (QED) is 0.842. The maximum absolute atomic E-state index is 13.2. The summed E-state index contributed by atoms with van der Waals surface area (Å²) < 4.78 is 26.2. The Labute approximate surface area is 132 Å². The lowest BCUT2D eigenvalue weighted by atomic mass is 9.99. The topological polar surface area (TPSA) is 12.0 Å². The van der Waals surface area contributed by atoms with Crippen molar-refractivity contribution in [2.45, 2.75) is 18.9 Å². The van der Waals surface area contributed by atoms with Gasteiger partial charge >= 0.3 is 0 Å². The predicted octanol–water partition coefficient (Wildman–Crippen LogP) is 4.64. The standard InChI is InChI=1S/C16H15Cl2F2N/c1-21-13(6-10-2-5-15(19)16(20)7-10)8-11-3-4-12(17)9-14(11)18/h2-5,7,9,13,21H,6,8H2,1H3. The molecule has 1 unspecified atom stereocenters. The average molecular weight is 330 g/mol. The van der Waals surface area contributed by atoms with Crippen molar-refractivity contribution >= 4 is 23.2 Å². The molecule has 0 amide bonds. The van der Waals surface area contributed by atoms with Gasteiger partial charge in [0.15, 0.2) is 11.6 Å². The Morgan fingerprint density at radius 3 is 2.38 bits per heavy atom. The third-order valence-corrected chi connectivity index (χ3v) is 3.94. The minimum atomic E-state index is -0.833. The molecule has 0 bridgehead atoms. The van der Waals surface area contributed by atoms with Crippen molar-refractivity contribution in [2.75, 3.05) is 7.05 Å². The summed E-state index contributed by atoms with van der Waals surface area (Å²) in [4.78, 5) is 0. The summed E-state index contributed by atoms with van der Waals surface area (Å²) in [5, 5.41) is 4.36. The molecule has 0 aliphatic heterocycles. The monoisotopic (exact) mass is 329 g/mol. The molecule has 5 heteroatoms. The van der Waals surface area contributed by atoms with Crippen molar-refractivity contribution in [1.82, 2.24) is 5.32 Å². The molecule has 0 saturated heterocycles. The Balaban J connectivity index is 2.10. The molecule has 0 spiro atoms. The van der Waals surface area contributed by atoms with Crippen LogP contribution in [0.15, 0.2) is 36.4 Å². The van der Waals surface area contributed by atoms with E-state index in [2.05, 4.69) is 5.32 Å². The van der Waals surface area contributed by atoms with Crippen molar-refractivity contribution in [3.05, 3.63) is 69.2 Å². The van der Waals surface area contributed by atoms with Crippen LogP contribution >= 0.6 is 23.2 Å². The van der Waals surface area contributed by atoms with Crippen LogP contribution < -0.4 is 5.32 Å². The fourth-order valence-corrected chi connectivity index (χ4v) is 2.67. The molecule has 21 heavy (non-hydrogen) atoms. The lowest BCUT2D eigenvalue weighted by Crippen LogP contribution is -2.30. The molecular formula is C16H15Cl2F2N. The van der Waals surface area contributed by atoms with Crippen LogP contribution in [-0.2, 0) is 12.8 Å². The molecule has 0 radical (unpaired) electrons. The van der Waals surface area contributed by atoms with Crippen molar-refractivity contribution < 1.29 is 8.78 Å². The fraction of sp³-hybridized carbons (Fsp3) is 0.250. The molecule has 1 atom stereocenters. The zero-order chi connectivity index (χ0) is 15.4. The summed E-state index contributed by atoms with van der Waals surface area (Å²) in [5.74, 6) is -1.66. The largest absolute Gasteiger partial charge is 0.316 e. The first kappa shape index (κ1) is 16.2. The molecule has 0 heterocycles. The normalized spacial score (nSPS) is 12.4. The van der Waals surface area contributed by atoms with E-state index in [4.69, 9.17) is 23.2 Å². The maximum Gasteiger partial charge on any atom is 0.159 e. The van der Waals surface area contributed by atoms with E-state index < -0.39 is 11.6 Å². The second kappa shape index (κ2) is 7.21. The van der Waals surface area contributed by atoms with Gasteiger partial charge in [-0.05, 0) is 55.3 Å². The zero-order valence-electron chi connectivity index (χ0n) is 11.5. The molecule has 1 N–H and O–H groups in total. The summed E-state index contributed by atoms with van der Waals surface area (Å²) >= 11 is 12.0. The van der Waals surface area contributed by atoms with E-state index in [1.165, 1.54) is 6.07 Å². The van der Waals surface area contributed by atoms with Crippen LogP contribution in [0, 0.1) is 11.6 Å². The van der Waals surface area contributed by atoms with Gasteiger partial charge < -0.3 is 5.32 Å². The van der Waals surface area contributed by atoms with Crippen LogP contribution in [0.3, 0.4) is 0 Å². The predicted molar refractivity (Wildman–Crippen MR) is 83.1 cm³/mol. The first-order chi connectivity index (χ1) is 9.99. The highest BCUT2D eigenvalue weighted by atomic mass is 35.5. The molecule has 2 rings (SSSR count). The molecular weight excluding hydrogens is 315 g/mol. The van der Waals surface area contributed by atoms with E-state index in [1.54, 1.807) is 18.2 Å². The van der Waals surface area contributed by atoms with Crippen molar-refractivity contribution in [3.8, 4) is 0 Å². The van der Waals surface area contributed by atoms with E-state index in [-0.39, 0.29) is 6.04 Å². The summed E-state index contributed by atoms with van der Waals surface area (Å²) in [6.07, 6.45) is 1.25. The minimum Gasteiger partial charge on any atom is -0.316 e. The number of hydrogen-bond donors (Lipinski definition) is 1. The van der Waals surface area contributed by atoms with Gasteiger partial charge in [0.05, 0.1) is 0 Å². The average Bonchev–Trinajstić information content (AvgIpc) is 2.44. The van der Waals surface area contributed by atoms with Gasteiger partial charge in [-0.1, -0.05) is 35.3 Å². The van der Waals surface area contributed by atoms with Gasteiger partial charge in [0.2, 0.25) is 0 Å². The summed E-state index contributed by atoms with van der Waals surface area (Å²) in [5.41, 5.74) is 1.70. The lowest BCUT2D eigenvalue weighted by molar-refractivity contribution is 0.503. The molecule has 1 nitrogen and oxygen atoms in total. The van der Waals surface area contributed by atoms with Gasteiger partial charge in [-0.3, -0.25) is 0 Å². The van der Waals surface area contributed by atoms with E-state index in [0.29, 0.717) is 22.9 Å². The van der Waals surface area contributed by atoms with Gasteiger partial charge in [0.25, 0.3) is 0 Å². The van der Waals surface area contributed by atoms with Crippen molar-refractivity contribution in [2.24, 2.45) is 0 Å². The summed E-state index contributed by atoms with van der Waals surface area (Å²) in [6, 6.07) is 9.38. The van der Waals surface area contributed by atoms with Crippen LogP contribution in [0.2, 0.25) is 10.0 Å². The smallest absolute Gasteiger partial charge is 0.159 e. The SMILES string of the molecule is CNC(Cc1ccc(F)c(F)c1)Cc1ccc(Cl)cc1Cl. The van der Waals surface area contributed by atoms with Gasteiger partial charge in [0, 0.05) is 16.1 Å². The highest BCUT2D eigenvalue weighted by molar-refractivity contribution is 6.35. The molecule has 0 saturated carbocycles. The molecule has 0 aliphatic carbocycles. The maximum atomic E-state index is 13.2. The Bertz CT molecular complexity index is 632. The molecule has 0 fully saturated rings. The summed E-state index contributed by atoms with van der Waals surface area (Å²) in [6.45, 7) is 0. The van der Waals surface area contributed by atoms with Crippen molar-refractivity contribution in [1.29, 1.82) is 0 Å². The van der Waals surface area contributed by atoms with Crippen LogP contribution in [0.1, 0.15) is 11.1 Å². The number of nitrogens with one attached hydrogen (secondary N) is 1. The Hall–Kier alpha value is -1.16. The van der Waals surface area contributed by atoms with Crippen LogP contribution in [0.5, 0.6) is 0 Å². The van der Waals surface area contributed by atoms with Gasteiger partial charge in [0.1, 0.15) is 0 Å². The van der Waals surface area contributed by atoms with E-state index in [9.17, 15) is 8.78 Å².